The number of aryl methyl sites for hydroxylation is 3. The molecular weight excluding hydrogens is 336 g/mol. The first-order valence-electron chi connectivity index (χ1n) is 8.71. The molecule has 0 saturated heterocycles. The first-order valence-corrected chi connectivity index (χ1v) is 10.2. The molecule has 0 radical (unpaired) electrons. The van der Waals surface area contributed by atoms with E-state index in [1.54, 1.807) is 18.2 Å². The summed E-state index contributed by atoms with van der Waals surface area (Å²) >= 11 is 0. The monoisotopic (exact) mass is 358 g/mol. The van der Waals surface area contributed by atoms with Crippen molar-refractivity contribution in [1.82, 2.24) is 9.71 Å². The number of nitrogens with one attached hydrogen (secondary N) is 2. The van der Waals surface area contributed by atoms with Crippen LogP contribution in [0.5, 0.6) is 0 Å². The first kappa shape index (κ1) is 16.4. The third kappa shape index (κ3) is 3.24. The average molecular weight is 358 g/mol. The number of furan rings is 1. The Bertz CT molecular complexity index is 1010. The van der Waals surface area contributed by atoms with Gasteiger partial charge in [0.25, 0.3) is 0 Å². The van der Waals surface area contributed by atoms with Crippen molar-refractivity contribution in [2.45, 2.75) is 50.5 Å². The quantitative estimate of drug-likeness (QED) is 0.696. The van der Waals surface area contributed by atoms with E-state index in [1.807, 2.05) is 19.1 Å². The Morgan fingerprint density at radius 2 is 1.96 bits per heavy atom. The Kier molecular flexibility index (Phi) is 4.17. The van der Waals surface area contributed by atoms with Gasteiger partial charge in [-0.05, 0) is 68.5 Å². The van der Waals surface area contributed by atoms with Crippen molar-refractivity contribution in [2.75, 3.05) is 0 Å². The van der Waals surface area contributed by atoms with Crippen LogP contribution >= 0.6 is 0 Å². The number of aromatic amines is 1. The van der Waals surface area contributed by atoms with E-state index >= 15 is 0 Å². The molecule has 0 aliphatic heterocycles. The average Bonchev–Trinajstić information content (AvgIpc) is 3.08. The van der Waals surface area contributed by atoms with Crippen molar-refractivity contribution in [3.8, 4) is 0 Å². The lowest BCUT2D eigenvalue weighted by atomic mass is 10.1. The lowest BCUT2D eigenvalue weighted by Crippen LogP contribution is -2.23. The van der Waals surface area contributed by atoms with E-state index in [0.717, 1.165) is 35.9 Å². The zero-order valence-electron chi connectivity index (χ0n) is 14.3. The molecule has 132 valence electrons. The molecule has 2 heterocycles. The highest BCUT2D eigenvalue weighted by atomic mass is 32.2. The van der Waals surface area contributed by atoms with Crippen LogP contribution in [0, 0.1) is 6.92 Å². The highest BCUT2D eigenvalue weighted by Crippen LogP contribution is 2.30. The van der Waals surface area contributed by atoms with Crippen molar-refractivity contribution < 1.29 is 12.8 Å². The van der Waals surface area contributed by atoms with Crippen molar-refractivity contribution in [3.05, 3.63) is 53.1 Å². The van der Waals surface area contributed by atoms with Crippen LogP contribution in [0.15, 0.2) is 39.6 Å². The van der Waals surface area contributed by atoms with Crippen molar-refractivity contribution in [2.24, 2.45) is 0 Å². The second-order valence-electron chi connectivity index (χ2n) is 6.69. The molecule has 0 unspecified atom stereocenters. The van der Waals surface area contributed by atoms with Crippen LogP contribution in [0.4, 0.5) is 0 Å². The van der Waals surface area contributed by atoms with Crippen molar-refractivity contribution in [3.63, 3.8) is 0 Å². The van der Waals surface area contributed by atoms with E-state index in [2.05, 4.69) is 9.71 Å². The first-order chi connectivity index (χ1) is 12.0. The van der Waals surface area contributed by atoms with Gasteiger partial charge in [0.05, 0.1) is 11.4 Å². The van der Waals surface area contributed by atoms with Crippen LogP contribution in [-0.4, -0.2) is 13.4 Å². The number of hydrogen-bond donors (Lipinski definition) is 2. The van der Waals surface area contributed by atoms with Crippen LogP contribution in [0.1, 0.15) is 42.0 Å². The molecular formula is C19H22N2O3S. The Morgan fingerprint density at radius 3 is 2.76 bits per heavy atom. The maximum atomic E-state index is 12.7. The molecule has 0 spiro atoms. The summed E-state index contributed by atoms with van der Waals surface area (Å²) in [4.78, 5) is 3.77. The van der Waals surface area contributed by atoms with E-state index in [-0.39, 0.29) is 6.54 Å². The summed E-state index contributed by atoms with van der Waals surface area (Å²) in [6.45, 7) is 1.99. The molecule has 6 heteroatoms. The summed E-state index contributed by atoms with van der Waals surface area (Å²) in [5, 5.41) is 1.04. The molecule has 5 nitrogen and oxygen atoms in total. The number of sulfonamides is 1. The molecule has 0 bridgehead atoms. The number of rotatable bonds is 4. The zero-order valence-corrected chi connectivity index (χ0v) is 15.1. The summed E-state index contributed by atoms with van der Waals surface area (Å²) < 4.78 is 33.4. The van der Waals surface area contributed by atoms with Gasteiger partial charge in [0.2, 0.25) is 10.0 Å². The number of H-pyrrole nitrogens is 1. The second kappa shape index (κ2) is 6.35. The van der Waals surface area contributed by atoms with Crippen LogP contribution in [-0.2, 0) is 29.4 Å². The van der Waals surface area contributed by atoms with Crippen LogP contribution in [0.2, 0.25) is 0 Å². The third-order valence-electron chi connectivity index (χ3n) is 4.86. The number of aromatic nitrogens is 1. The summed E-state index contributed by atoms with van der Waals surface area (Å²) in [6, 6.07) is 8.94. The summed E-state index contributed by atoms with van der Waals surface area (Å²) in [7, 11) is -3.58. The van der Waals surface area contributed by atoms with E-state index in [4.69, 9.17) is 4.42 Å². The predicted molar refractivity (Wildman–Crippen MR) is 97.0 cm³/mol. The maximum Gasteiger partial charge on any atom is 0.240 e. The Hall–Kier alpha value is -2.05. The molecule has 0 amide bonds. The highest BCUT2D eigenvalue weighted by Gasteiger charge is 2.19. The lowest BCUT2D eigenvalue weighted by Gasteiger charge is -2.06. The second-order valence-corrected chi connectivity index (χ2v) is 8.45. The molecule has 1 aliphatic carbocycles. The van der Waals surface area contributed by atoms with Crippen LogP contribution < -0.4 is 4.72 Å². The fourth-order valence-electron chi connectivity index (χ4n) is 3.56. The standard InChI is InChI=1S/C19H22N2O3S/c1-13-7-8-14(24-13)12-20-25(22,23)15-9-10-19-17(11-15)16-5-3-2-4-6-18(16)21-19/h7-11,20-21H,2-6,12H2,1H3. The van der Waals surface area contributed by atoms with Gasteiger partial charge in [0.1, 0.15) is 11.5 Å². The molecule has 1 aliphatic rings. The molecule has 25 heavy (non-hydrogen) atoms. The van der Waals surface area contributed by atoms with Crippen LogP contribution in [0.25, 0.3) is 10.9 Å². The Morgan fingerprint density at radius 1 is 1.12 bits per heavy atom. The van der Waals surface area contributed by atoms with Gasteiger partial charge in [-0.2, -0.15) is 0 Å². The summed E-state index contributed by atoms with van der Waals surface area (Å²) in [5.74, 6) is 1.38. The fraction of sp³-hybridized carbons (Fsp3) is 0.368. The van der Waals surface area contributed by atoms with Gasteiger partial charge in [-0.25, -0.2) is 13.1 Å². The van der Waals surface area contributed by atoms with Gasteiger partial charge < -0.3 is 9.40 Å². The van der Waals surface area contributed by atoms with E-state index in [9.17, 15) is 8.42 Å². The molecule has 2 N–H and O–H groups in total. The largest absolute Gasteiger partial charge is 0.465 e. The maximum absolute atomic E-state index is 12.7. The molecule has 3 aromatic rings. The van der Waals surface area contributed by atoms with Crippen molar-refractivity contribution in [1.29, 1.82) is 0 Å². The van der Waals surface area contributed by atoms with E-state index in [0.29, 0.717) is 10.7 Å². The van der Waals surface area contributed by atoms with Gasteiger partial charge >= 0.3 is 0 Å². The van der Waals surface area contributed by atoms with Gasteiger partial charge in [-0.15, -0.1) is 0 Å². The Labute approximate surface area is 147 Å². The van der Waals surface area contributed by atoms with Gasteiger partial charge in [-0.1, -0.05) is 6.42 Å². The molecule has 4 rings (SSSR count). The van der Waals surface area contributed by atoms with Crippen LogP contribution in [0.3, 0.4) is 0 Å². The SMILES string of the molecule is Cc1ccc(CNS(=O)(=O)c2ccc3[nH]c4c(c3c2)CCCCC4)o1. The normalized spacial score (nSPS) is 15.2. The fourth-order valence-corrected chi connectivity index (χ4v) is 4.58. The third-order valence-corrected chi connectivity index (χ3v) is 6.26. The smallest absolute Gasteiger partial charge is 0.240 e. The van der Waals surface area contributed by atoms with E-state index < -0.39 is 10.0 Å². The Balaban J connectivity index is 1.64. The van der Waals surface area contributed by atoms with Crippen molar-refractivity contribution >= 4 is 20.9 Å². The molecule has 0 fully saturated rings. The lowest BCUT2D eigenvalue weighted by molar-refractivity contribution is 0.475. The topological polar surface area (TPSA) is 75.1 Å². The molecule has 0 saturated carbocycles. The molecule has 0 atom stereocenters. The van der Waals surface area contributed by atoms with E-state index in [1.165, 1.54) is 24.1 Å². The van der Waals surface area contributed by atoms with Gasteiger partial charge in [0, 0.05) is 16.6 Å². The number of benzene rings is 1. The number of fused-ring (bicyclic) bond motifs is 3. The number of hydrogen-bond acceptors (Lipinski definition) is 3. The minimum Gasteiger partial charge on any atom is -0.465 e. The summed E-state index contributed by atoms with van der Waals surface area (Å²) in [6.07, 6.45) is 5.63. The summed E-state index contributed by atoms with van der Waals surface area (Å²) in [5.41, 5.74) is 3.57. The van der Waals surface area contributed by atoms with Gasteiger partial charge in [-0.3, -0.25) is 0 Å². The zero-order chi connectivity index (χ0) is 17.4. The molecule has 1 aromatic carbocycles. The van der Waals surface area contributed by atoms with Gasteiger partial charge in [0.15, 0.2) is 0 Å². The highest BCUT2D eigenvalue weighted by molar-refractivity contribution is 7.89. The minimum atomic E-state index is -3.58. The minimum absolute atomic E-state index is 0.152. The predicted octanol–water partition coefficient (Wildman–Crippen LogP) is 3.82. The molecule has 2 aromatic heterocycles.